The predicted octanol–water partition coefficient (Wildman–Crippen LogP) is 6.94. The molecule has 0 fully saturated rings. The maximum absolute atomic E-state index is 11.6. The van der Waals surface area contributed by atoms with Crippen molar-refractivity contribution in [3.63, 3.8) is 0 Å². The van der Waals surface area contributed by atoms with Gasteiger partial charge < -0.3 is 9.47 Å². The molecule has 1 aromatic carbocycles. The van der Waals surface area contributed by atoms with Gasteiger partial charge >= 0.3 is 5.97 Å². The van der Waals surface area contributed by atoms with Gasteiger partial charge in [-0.2, -0.15) is 0 Å². The topological polar surface area (TPSA) is 48.4 Å². The van der Waals surface area contributed by atoms with Gasteiger partial charge in [0.25, 0.3) is 0 Å². The first-order valence-electron chi connectivity index (χ1n) is 13.5. The number of pyridine rings is 1. The molecule has 35 heavy (non-hydrogen) atoms. The summed E-state index contributed by atoms with van der Waals surface area (Å²) in [6.45, 7) is 9.85. The fourth-order valence-electron chi connectivity index (χ4n) is 4.95. The summed E-state index contributed by atoms with van der Waals surface area (Å²) < 4.78 is 11.2. The van der Waals surface area contributed by atoms with Crippen LogP contribution in [0.15, 0.2) is 30.5 Å². The van der Waals surface area contributed by atoms with E-state index in [1.807, 2.05) is 25.3 Å². The van der Waals surface area contributed by atoms with Gasteiger partial charge in [0, 0.05) is 29.2 Å². The van der Waals surface area contributed by atoms with Crippen LogP contribution >= 0.6 is 0 Å². The van der Waals surface area contributed by atoms with Crippen LogP contribution in [-0.2, 0) is 27.8 Å². The Morgan fingerprint density at radius 3 is 2.57 bits per heavy atom. The lowest BCUT2D eigenvalue weighted by atomic mass is 9.71. The number of aryl methyl sites for hydroxylation is 2. The van der Waals surface area contributed by atoms with Gasteiger partial charge in [0.2, 0.25) is 0 Å². The van der Waals surface area contributed by atoms with E-state index in [0.717, 1.165) is 54.9 Å². The van der Waals surface area contributed by atoms with Gasteiger partial charge in [-0.25, -0.2) is 4.98 Å². The first kappa shape index (κ1) is 26.8. The highest BCUT2D eigenvalue weighted by Gasteiger charge is 2.35. The third-order valence-corrected chi connectivity index (χ3v) is 7.34. The molecule has 0 saturated carbocycles. The smallest absolute Gasteiger partial charge is 0.306 e. The van der Waals surface area contributed by atoms with Gasteiger partial charge in [0.15, 0.2) is 0 Å². The molecule has 1 aliphatic heterocycles. The normalized spacial score (nSPS) is 13.8. The minimum Gasteiger partial charge on any atom is -0.493 e. The lowest BCUT2D eigenvalue weighted by Crippen LogP contribution is -2.32. The number of fused-ring (bicyclic) bond motifs is 1. The number of hydrogen-bond acceptors (Lipinski definition) is 4. The molecule has 3 rings (SSSR count). The van der Waals surface area contributed by atoms with E-state index >= 15 is 0 Å². The molecule has 1 aromatic heterocycles. The van der Waals surface area contributed by atoms with Crippen molar-refractivity contribution >= 4 is 5.97 Å². The van der Waals surface area contributed by atoms with Gasteiger partial charge in [-0.05, 0) is 80.7 Å². The number of esters is 1. The molecule has 1 aliphatic rings. The molecular formula is C31H41NO3. The number of rotatable bonds is 11. The lowest BCUT2D eigenvalue weighted by Gasteiger charge is -2.38. The Labute approximate surface area is 211 Å². The molecular weight excluding hydrogens is 434 g/mol. The van der Waals surface area contributed by atoms with Crippen LogP contribution in [0.1, 0.15) is 107 Å². The molecule has 0 atom stereocenters. The van der Waals surface area contributed by atoms with Crippen LogP contribution in [0.25, 0.3) is 0 Å². The average molecular weight is 476 g/mol. The molecule has 0 spiro atoms. The molecule has 4 heteroatoms. The Morgan fingerprint density at radius 2 is 1.89 bits per heavy atom. The van der Waals surface area contributed by atoms with Crippen molar-refractivity contribution in [3.8, 4) is 17.6 Å². The number of carbonyl (C=O) groups excluding carboxylic acids is 1. The summed E-state index contributed by atoms with van der Waals surface area (Å²) in [5, 5.41) is 0. The second-order valence-electron chi connectivity index (χ2n) is 9.51. The fourth-order valence-corrected chi connectivity index (χ4v) is 4.95. The highest BCUT2D eigenvalue weighted by atomic mass is 16.5. The first-order chi connectivity index (χ1) is 17.0. The van der Waals surface area contributed by atoms with E-state index < -0.39 is 0 Å². The SMILES string of the molecule is CCCCCCc1cc2c(cc1C#Cc1ccc(CCC(=O)OCC)cn1)C(CC)(CC)CCO2. The summed E-state index contributed by atoms with van der Waals surface area (Å²) in [5.74, 6) is 7.63. The fraction of sp³-hybridized carbons (Fsp3) is 0.548. The maximum Gasteiger partial charge on any atom is 0.306 e. The standard InChI is InChI=1S/C31H41NO3/c1-5-9-10-11-12-25-22-29-28(31(6-2,7-3)19-20-35-29)21-26(25)15-17-27-16-13-24(23-32-27)14-18-30(33)34-8-4/h13,16,21-23H,5-12,14,18-20H2,1-4H3. The van der Waals surface area contributed by atoms with Gasteiger partial charge in [0.1, 0.15) is 11.4 Å². The van der Waals surface area contributed by atoms with Crippen LogP contribution in [0, 0.1) is 11.8 Å². The van der Waals surface area contributed by atoms with Crippen LogP contribution in [0.2, 0.25) is 0 Å². The van der Waals surface area contributed by atoms with Crippen LogP contribution in [0.3, 0.4) is 0 Å². The van der Waals surface area contributed by atoms with Crippen molar-refractivity contribution in [3.05, 3.63) is 58.4 Å². The first-order valence-corrected chi connectivity index (χ1v) is 13.5. The molecule has 4 nitrogen and oxygen atoms in total. The quantitative estimate of drug-likeness (QED) is 0.201. The van der Waals surface area contributed by atoms with Gasteiger partial charge in [-0.15, -0.1) is 0 Å². The van der Waals surface area contributed by atoms with E-state index in [2.05, 4.69) is 49.7 Å². The average Bonchev–Trinajstić information content (AvgIpc) is 2.89. The van der Waals surface area contributed by atoms with E-state index in [1.54, 1.807) is 0 Å². The zero-order valence-corrected chi connectivity index (χ0v) is 22.0. The zero-order valence-electron chi connectivity index (χ0n) is 22.0. The van der Waals surface area contributed by atoms with Crippen LogP contribution in [0.5, 0.6) is 5.75 Å². The second kappa shape index (κ2) is 13.3. The van der Waals surface area contributed by atoms with E-state index in [9.17, 15) is 4.79 Å². The molecule has 0 saturated heterocycles. The van der Waals surface area contributed by atoms with Gasteiger partial charge in [-0.3, -0.25) is 4.79 Å². The lowest BCUT2D eigenvalue weighted by molar-refractivity contribution is -0.143. The predicted molar refractivity (Wildman–Crippen MR) is 142 cm³/mol. The van der Waals surface area contributed by atoms with Crippen molar-refractivity contribution in [1.82, 2.24) is 4.98 Å². The summed E-state index contributed by atoms with van der Waals surface area (Å²) in [4.78, 5) is 16.1. The number of benzene rings is 1. The largest absolute Gasteiger partial charge is 0.493 e. The minimum absolute atomic E-state index is 0.170. The molecule has 2 aromatic rings. The van der Waals surface area contributed by atoms with Crippen LogP contribution in [-0.4, -0.2) is 24.2 Å². The van der Waals surface area contributed by atoms with Crippen molar-refractivity contribution in [2.45, 2.75) is 97.3 Å². The molecule has 0 bridgehead atoms. The number of hydrogen-bond donors (Lipinski definition) is 0. The molecule has 0 unspecified atom stereocenters. The molecule has 0 aliphatic carbocycles. The number of unbranched alkanes of at least 4 members (excludes halogenated alkanes) is 3. The summed E-state index contributed by atoms with van der Waals surface area (Å²) in [6.07, 6.45) is 12.0. The number of carbonyl (C=O) groups is 1. The van der Waals surface area contributed by atoms with Crippen molar-refractivity contribution in [2.24, 2.45) is 0 Å². The third-order valence-electron chi connectivity index (χ3n) is 7.34. The van der Waals surface area contributed by atoms with Crippen molar-refractivity contribution < 1.29 is 14.3 Å². The number of aromatic nitrogens is 1. The van der Waals surface area contributed by atoms with Crippen molar-refractivity contribution in [1.29, 1.82) is 0 Å². The Kier molecular flexibility index (Phi) is 10.2. The van der Waals surface area contributed by atoms with E-state index in [1.165, 1.54) is 36.8 Å². The molecule has 0 radical (unpaired) electrons. The Morgan fingerprint density at radius 1 is 1.06 bits per heavy atom. The maximum atomic E-state index is 11.6. The van der Waals surface area contributed by atoms with E-state index in [-0.39, 0.29) is 11.4 Å². The van der Waals surface area contributed by atoms with E-state index in [4.69, 9.17) is 9.47 Å². The zero-order chi connectivity index (χ0) is 25.1. The Balaban J connectivity index is 1.85. The summed E-state index contributed by atoms with van der Waals surface area (Å²) in [5.41, 5.74) is 5.63. The van der Waals surface area contributed by atoms with Crippen LogP contribution < -0.4 is 4.74 Å². The third kappa shape index (κ3) is 7.10. The summed E-state index contributed by atoms with van der Waals surface area (Å²) in [6, 6.07) is 8.51. The summed E-state index contributed by atoms with van der Waals surface area (Å²) >= 11 is 0. The highest BCUT2D eigenvalue weighted by molar-refractivity contribution is 5.69. The highest BCUT2D eigenvalue weighted by Crippen LogP contribution is 2.44. The second-order valence-corrected chi connectivity index (χ2v) is 9.51. The number of ether oxygens (including phenoxy) is 2. The Hall–Kier alpha value is -2.80. The monoisotopic (exact) mass is 475 g/mol. The molecule has 188 valence electrons. The Bertz CT molecular complexity index is 1030. The van der Waals surface area contributed by atoms with Gasteiger partial charge in [-0.1, -0.05) is 52.0 Å². The van der Waals surface area contributed by atoms with Gasteiger partial charge in [0.05, 0.1) is 13.2 Å². The molecule has 0 N–H and O–H groups in total. The molecule has 2 heterocycles. The molecule has 0 amide bonds. The van der Waals surface area contributed by atoms with Crippen molar-refractivity contribution in [2.75, 3.05) is 13.2 Å². The summed E-state index contributed by atoms with van der Waals surface area (Å²) in [7, 11) is 0. The number of nitrogens with zero attached hydrogens (tertiary/aromatic N) is 1. The van der Waals surface area contributed by atoms with E-state index in [0.29, 0.717) is 19.4 Å². The van der Waals surface area contributed by atoms with Crippen LogP contribution in [0.4, 0.5) is 0 Å². The minimum atomic E-state index is -0.172.